The smallest absolute Gasteiger partial charge is 0.376 e. The molecule has 2 aromatic carbocycles. The zero-order valence-electron chi connectivity index (χ0n) is 13.3. The van der Waals surface area contributed by atoms with Crippen LogP contribution in [-0.4, -0.2) is 42.0 Å². The van der Waals surface area contributed by atoms with Crippen molar-refractivity contribution in [2.45, 2.75) is 11.1 Å². The van der Waals surface area contributed by atoms with Crippen LogP contribution < -0.4 is 0 Å². The molecule has 1 heterocycles. The van der Waals surface area contributed by atoms with Crippen LogP contribution in [0.4, 0.5) is 5.69 Å². The summed E-state index contributed by atoms with van der Waals surface area (Å²) < 4.78 is 31.6. The van der Waals surface area contributed by atoms with Gasteiger partial charge in [0.15, 0.2) is 0 Å². The molecule has 3 rings (SSSR count). The predicted molar refractivity (Wildman–Crippen MR) is 96.8 cm³/mol. The summed E-state index contributed by atoms with van der Waals surface area (Å²) in [4.78, 5) is 21.1. The molecule has 27 heavy (non-hydrogen) atoms. The van der Waals surface area contributed by atoms with Gasteiger partial charge in [-0.15, -0.1) is 9.98 Å². The number of fused-ring (bicyclic) bond motifs is 1. The normalized spacial score (nSPS) is 15.9. The second-order valence-corrected chi connectivity index (χ2v) is 6.55. The fraction of sp³-hybridized carbons (Fsp3) is 0.0625. The summed E-state index contributed by atoms with van der Waals surface area (Å²) in [7, 11) is -4.37. The molecule has 0 amide bonds. The van der Waals surface area contributed by atoms with Gasteiger partial charge in [-0.25, -0.2) is 6.57 Å². The Morgan fingerprint density at radius 3 is 2.59 bits per heavy atom. The van der Waals surface area contributed by atoms with E-state index < -0.39 is 16.3 Å². The molecule has 0 spiro atoms. The first kappa shape index (κ1) is 17.9. The Balaban J connectivity index is 2.04. The van der Waals surface area contributed by atoms with Crippen LogP contribution in [0.2, 0.25) is 0 Å². The van der Waals surface area contributed by atoms with Gasteiger partial charge in [0.25, 0.3) is 10.1 Å². The summed E-state index contributed by atoms with van der Waals surface area (Å²) in [5, 5.41) is 10.8. The van der Waals surface area contributed by atoms with E-state index in [1.54, 1.807) is 0 Å². The summed E-state index contributed by atoms with van der Waals surface area (Å²) in [5.74, 6) is -0.446. The highest BCUT2D eigenvalue weighted by Crippen LogP contribution is 2.35. The molecule has 0 aromatic heterocycles. The molecular weight excluding hydrogens is 372 g/mol. The minimum atomic E-state index is -4.37. The fourth-order valence-electron chi connectivity index (χ4n) is 2.26. The highest BCUT2D eigenvalue weighted by molar-refractivity contribution is 7.85. The van der Waals surface area contributed by atoms with Crippen LogP contribution in [0.15, 0.2) is 55.2 Å². The van der Waals surface area contributed by atoms with Crippen LogP contribution in [0.25, 0.3) is 20.5 Å². The lowest BCUT2D eigenvalue weighted by molar-refractivity contribution is 0.477. The van der Waals surface area contributed by atoms with Crippen molar-refractivity contribution in [3.05, 3.63) is 53.2 Å². The maximum Gasteiger partial charge on any atom is 0.376 e. The molecule has 1 aliphatic rings. The second-order valence-electron chi connectivity index (χ2n) is 5.13. The van der Waals surface area contributed by atoms with Crippen molar-refractivity contribution in [1.82, 2.24) is 0 Å². The lowest BCUT2D eigenvalue weighted by Crippen LogP contribution is -2.04. The standard InChI is InChI=1S/C16H8N6O4S/c1-17-14-15(18-2)22-16(21-14)20-8-19-13-11-5-4-10(27(24,25)26)7-9(11)3-6-12(13)23/h3-7,14,23H,(H,24,25,26). The summed E-state index contributed by atoms with van der Waals surface area (Å²) in [5.41, 5.74) is 0.0628. The van der Waals surface area contributed by atoms with Crippen molar-refractivity contribution in [2.75, 3.05) is 0 Å². The maximum absolute atomic E-state index is 11.2. The number of benzene rings is 2. The number of rotatable bonds is 2. The Kier molecular flexibility index (Phi) is 4.50. The lowest BCUT2D eigenvalue weighted by Gasteiger charge is -2.05. The van der Waals surface area contributed by atoms with E-state index in [0.717, 1.165) is 0 Å². The van der Waals surface area contributed by atoms with Crippen LogP contribution in [0.3, 0.4) is 0 Å². The Labute approximate surface area is 153 Å². The average molecular weight is 380 g/mol. The number of phenolic OH excluding ortho intramolecular Hbond substituents is 1. The highest BCUT2D eigenvalue weighted by Gasteiger charge is 2.30. The van der Waals surface area contributed by atoms with Crippen molar-refractivity contribution in [3.8, 4) is 5.75 Å². The van der Waals surface area contributed by atoms with E-state index in [1.165, 1.54) is 30.3 Å². The minimum Gasteiger partial charge on any atom is -0.506 e. The largest absolute Gasteiger partial charge is 0.506 e. The zero-order valence-corrected chi connectivity index (χ0v) is 14.1. The van der Waals surface area contributed by atoms with Crippen LogP contribution in [0.5, 0.6) is 5.75 Å². The third kappa shape index (κ3) is 3.56. The van der Waals surface area contributed by atoms with Gasteiger partial charge in [-0.1, -0.05) is 23.7 Å². The molecule has 132 valence electrons. The van der Waals surface area contributed by atoms with E-state index in [0.29, 0.717) is 10.8 Å². The lowest BCUT2D eigenvalue weighted by atomic mass is 10.1. The van der Waals surface area contributed by atoms with Crippen molar-refractivity contribution < 1.29 is 18.1 Å². The van der Waals surface area contributed by atoms with E-state index in [4.69, 9.17) is 17.7 Å². The van der Waals surface area contributed by atoms with Gasteiger partial charge in [-0.3, -0.25) is 9.40 Å². The summed E-state index contributed by atoms with van der Waals surface area (Å²) >= 11 is 0. The first-order valence-corrected chi connectivity index (χ1v) is 8.57. The number of guanidine groups is 1. The molecule has 10 nitrogen and oxygen atoms in total. The van der Waals surface area contributed by atoms with E-state index in [-0.39, 0.29) is 28.1 Å². The molecule has 0 bridgehead atoms. The number of hydrogen-bond acceptors (Lipinski definition) is 7. The van der Waals surface area contributed by atoms with Gasteiger partial charge in [-0.2, -0.15) is 13.4 Å². The van der Waals surface area contributed by atoms with Crippen molar-refractivity contribution >= 4 is 44.4 Å². The number of hydrogen-bond donors (Lipinski definition) is 2. The molecule has 0 radical (unpaired) electrons. The summed E-state index contributed by atoms with van der Waals surface area (Å²) in [6.45, 7) is 13.8. The third-order valence-corrected chi connectivity index (χ3v) is 4.32. The molecule has 1 unspecified atom stereocenters. The van der Waals surface area contributed by atoms with Crippen LogP contribution in [-0.2, 0) is 10.1 Å². The Bertz CT molecular complexity index is 1270. The molecule has 0 saturated heterocycles. The third-order valence-electron chi connectivity index (χ3n) is 3.47. The monoisotopic (exact) mass is 380 g/mol. The first-order chi connectivity index (χ1) is 12.8. The van der Waals surface area contributed by atoms with E-state index in [1.807, 2.05) is 0 Å². The summed E-state index contributed by atoms with van der Waals surface area (Å²) in [6, 6.07) is 8.82. The first-order valence-electron chi connectivity index (χ1n) is 7.13. The van der Waals surface area contributed by atoms with E-state index in [2.05, 4.69) is 35.7 Å². The van der Waals surface area contributed by atoms with E-state index in [9.17, 15) is 13.5 Å². The maximum atomic E-state index is 11.2. The quantitative estimate of drug-likeness (QED) is 0.470. The second kappa shape index (κ2) is 6.78. The minimum absolute atomic E-state index is 0.0628. The van der Waals surface area contributed by atoms with Crippen molar-refractivity contribution in [2.24, 2.45) is 20.0 Å². The average Bonchev–Trinajstić information content (AvgIpc) is 3.04. The van der Waals surface area contributed by atoms with Gasteiger partial charge in [0.1, 0.15) is 17.4 Å². The van der Waals surface area contributed by atoms with Gasteiger partial charge in [0.2, 0.25) is 0 Å². The molecule has 0 fully saturated rings. The Hall–Kier alpha value is -3.89. The zero-order chi connectivity index (χ0) is 19.6. The van der Waals surface area contributed by atoms with Gasteiger partial charge < -0.3 is 9.95 Å². The van der Waals surface area contributed by atoms with Crippen molar-refractivity contribution in [1.29, 1.82) is 0 Å². The van der Waals surface area contributed by atoms with Gasteiger partial charge >= 0.3 is 18.0 Å². The molecule has 1 atom stereocenters. The molecule has 2 N–H and O–H groups in total. The molecular formula is C16H8N6O4S. The molecule has 0 saturated carbocycles. The van der Waals surface area contributed by atoms with Gasteiger partial charge in [-0.05, 0) is 23.6 Å². The molecule has 11 heteroatoms. The fourth-order valence-corrected chi connectivity index (χ4v) is 2.77. The SMILES string of the molecule is [C-]#[N+]C1=NC(N=C=Nc2c(O)ccc3cc(S(=O)(=O)O)ccc23)=NC1[N+]#[C-]. The Morgan fingerprint density at radius 2 is 1.96 bits per heavy atom. The summed E-state index contributed by atoms with van der Waals surface area (Å²) in [6.07, 6.45) is -1.03. The highest BCUT2D eigenvalue weighted by atomic mass is 32.2. The van der Waals surface area contributed by atoms with Crippen molar-refractivity contribution in [3.63, 3.8) is 0 Å². The predicted octanol–water partition coefficient (Wildman–Crippen LogP) is 2.53. The molecule has 0 aliphatic carbocycles. The number of amidine groups is 1. The van der Waals surface area contributed by atoms with E-state index >= 15 is 0 Å². The Morgan fingerprint density at radius 1 is 1.19 bits per heavy atom. The van der Waals surface area contributed by atoms with Crippen LogP contribution in [0, 0.1) is 13.1 Å². The molecule has 2 aromatic rings. The topological polar surface area (TPSA) is 133 Å². The number of aromatic hydroxyl groups is 1. The molecule has 1 aliphatic heterocycles. The number of phenols is 1. The van der Waals surface area contributed by atoms with Gasteiger partial charge in [0, 0.05) is 5.39 Å². The van der Waals surface area contributed by atoms with Gasteiger partial charge in [0.05, 0.1) is 4.90 Å². The number of aliphatic imine (C=N–C) groups is 4. The number of nitrogens with zero attached hydrogens (tertiary/aromatic N) is 6. The van der Waals surface area contributed by atoms with Crippen LogP contribution >= 0.6 is 0 Å². The van der Waals surface area contributed by atoms with Crippen LogP contribution in [0.1, 0.15) is 0 Å².